The Hall–Kier alpha value is -0.0800. The standard InChI is InChI=1S/C13H27NO/c1-6-12-7-8-13(9(12)2)14-10(3)11(4)15-5/h9-14H,6-8H2,1-5H3. The molecule has 5 unspecified atom stereocenters. The van der Waals surface area contributed by atoms with E-state index < -0.39 is 0 Å². The summed E-state index contributed by atoms with van der Waals surface area (Å²) in [5.74, 6) is 1.74. The fourth-order valence-electron chi connectivity index (χ4n) is 2.74. The number of ether oxygens (including phenoxy) is 1. The van der Waals surface area contributed by atoms with Crippen LogP contribution < -0.4 is 5.32 Å². The van der Waals surface area contributed by atoms with Crippen LogP contribution in [0.25, 0.3) is 0 Å². The molecule has 1 N–H and O–H groups in total. The van der Waals surface area contributed by atoms with Crippen LogP contribution in [0.1, 0.15) is 47.0 Å². The molecular formula is C13H27NO. The highest BCUT2D eigenvalue weighted by atomic mass is 16.5. The molecule has 1 aliphatic carbocycles. The molecule has 0 aromatic carbocycles. The minimum atomic E-state index is 0.304. The zero-order chi connectivity index (χ0) is 11.4. The minimum absolute atomic E-state index is 0.304. The second kappa shape index (κ2) is 5.86. The van der Waals surface area contributed by atoms with Gasteiger partial charge >= 0.3 is 0 Å². The van der Waals surface area contributed by atoms with E-state index in [0.29, 0.717) is 18.2 Å². The van der Waals surface area contributed by atoms with Crippen LogP contribution in [0, 0.1) is 11.8 Å². The van der Waals surface area contributed by atoms with Crippen molar-refractivity contribution in [2.45, 2.75) is 65.1 Å². The van der Waals surface area contributed by atoms with E-state index in [9.17, 15) is 0 Å². The first-order chi connectivity index (χ1) is 7.10. The summed E-state index contributed by atoms with van der Waals surface area (Å²) in [5.41, 5.74) is 0. The topological polar surface area (TPSA) is 21.3 Å². The molecule has 0 spiro atoms. The van der Waals surface area contributed by atoms with Crippen molar-refractivity contribution in [2.75, 3.05) is 7.11 Å². The molecule has 0 aromatic heterocycles. The van der Waals surface area contributed by atoms with Crippen LogP contribution in [0.5, 0.6) is 0 Å². The predicted octanol–water partition coefficient (Wildman–Crippen LogP) is 2.82. The maximum Gasteiger partial charge on any atom is 0.0693 e. The lowest BCUT2D eigenvalue weighted by atomic mass is 9.93. The molecule has 0 radical (unpaired) electrons. The van der Waals surface area contributed by atoms with E-state index in [1.54, 1.807) is 7.11 Å². The molecule has 2 nitrogen and oxygen atoms in total. The third-order valence-electron chi connectivity index (χ3n) is 4.30. The molecule has 0 aliphatic heterocycles. The summed E-state index contributed by atoms with van der Waals surface area (Å²) in [7, 11) is 1.79. The highest BCUT2D eigenvalue weighted by Gasteiger charge is 2.32. The Bertz CT molecular complexity index is 183. The van der Waals surface area contributed by atoms with Crippen molar-refractivity contribution in [2.24, 2.45) is 11.8 Å². The Morgan fingerprint density at radius 3 is 2.47 bits per heavy atom. The zero-order valence-corrected chi connectivity index (χ0v) is 10.9. The van der Waals surface area contributed by atoms with Crippen LogP contribution in [-0.4, -0.2) is 25.3 Å². The molecule has 0 heterocycles. The maximum absolute atomic E-state index is 5.35. The SMILES string of the molecule is CCC1CCC(NC(C)C(C)OC)C1C. The third-order valence-corrected chi connectivity index (χ3v) is 4.30. The maximum atomic E-state index is 5.35. The van der Waals surface area contributed by atoms with E-state index in [0.717, 1.165) is 11.8 Å². The Morgan fingerprint density at radius 2 is 2.00 bits per heavy atom. The smallest absolute Gasteiger partial charge is 0.0693 e. The van der Waals surface area contributed by atoms with Crippen molar-refractivity contribution in [3.05, 3.63) is 0 Å². The van der Waals surface area contributed by atoms with Crippen molar-refractivity contribution in [3.63, 3.8) is 0 Å². The van der Waals surface area contributed by atoms with E-state index >= 15 is 0 Å². The highest BCUT2D eigenvalue weighted by Crippen LogP contribution is 2.34. The van der Waals surface area contributed by atoms with Crippen LogP contribution in [0.4, 0.5) is 0 Å². The Labute approximate surface area is 94.8 Å². The molecular weight excluding hydrogens is 186 g/mol. The lowest BCUT2D eigenvalue weighted by molar-refractivity contribution is 0.0818. The van der Waals surface area contributed by atoms with Gasteiger partial charge in [-0.1, -0.05) is 20.3 Å². The van der Waals surface area contributed by atoms with Crippen LogP contribution in [0.3, 0.4) is 0 Å². The van der Waals surface area contributed by atoms with Crippen molar-refractivity contribution >= 4 is 0 Å². The average Bonchev–Trinajstić information content (AvgIpc) is 2.58. The van der Waals surface area contributed by atoms with E-state index in [2.05, 4.69) is 33.0 Å². The molecule has 1 saturated carbocycles. The first-order valence-corrected chi connectivity index (χ1v) is 6.39. The molecule has 1 rings (SSSR count). The van der Waals surface area contributed by atoms with Crippen LogP contribution in [-0.2, 0) is 4.74 Å². The van der Waals surface area contributed by atoms with Gasteiger partial charge in [0.1, 0.15) is 0 Å². The molecule has 1 fully saturated rings. The fraction of sp³-hybridized carbons (Fsp3) is 1.00. The molecule has 90 valence electrons. The summed E-state index contributed by atoms with van der Waals surface area (Å²) in [6, 6.07) is 1.15. The Kier molecular flexibility index (Phi) is 5.07. The number of hydrogen-bond acceptors (Lipinski definition) is 2. The highest BCUT2D eigenvalue weighted by molar-refractivity contribution is 4.88. The molecule has 15 heavy (non-hydrogen) atoms. The van der Waals surface area contributed by atoms with Gasteiger partial charge in [0.25, 0.3) is 0 Å². The largest absolute Gasteiger partial charge is 0.380 e. The molecule has 0 bridgehead atoms. The van der Waals surface area contributed by atoms with Crippen molar-refractivity contribution in [1.82, 2.24) is 5.32 Å². The van der Waals surface area contributed by atoms with Gasteiger partial charge in [-0.2, -0.15) is 0 Å². The number of nitrogens with one attached hydrogen (secondary N) is 1. The second-order valence-corrected chi connectivity index (χ2v) is 5.11. The van der Waals surface area contributed by atoms with E-state index in [-0.39, 0.29) is 0 Å². The quantitative estimate of drug-likeness (QED) is 0.758. The Morgan fingerprint density at radius 1 is 1.33 bits per heavy atom. The van der Waals surface area contributed by atoms with Crippen molar-refractivity contribution in [3.8, 4) is 0 Å². The summed E-state index contributed by atoms with van der Waals surface area (Å²) < 4.78 is 5.35. The van der Waals surface area contributed by atoms with Gasteiger partial charge in [-0.3, -0.25) is 0 Å². The molecule has 0 aromatic rings. The van der Waals surface area contributed by atoms with Crippen molar-refractivity contribution in [1.29, 1.82) is 0 Å². The number of methoxy groups -OCH3 is 1. The first-order valence-electron chi connectivity index (χ1n) is 6.39. The third kappa shape index (κ3) is 3.18. The lowest BCUT2D eigenvalue weighted by Gasteiger charge is -2.27. The summed E-state index contributed by atoms with van der Waals surface area (Å²) in [4.78, 5) is 0. The van der Waals surface area contributed by atoms with Crippen LogP contribution in [0.15, 0.2) is 0 Å². The van der Waals surface area contributed by atoms with Gasteiger partial charge in [0.15, 0.2) is 0 Å². The van der Waals surface area contributed by atoms with Gasteiger partial charge in [-0.25, -0.2) is 0 Å². The second-order valence-electron chi connectivity index (χ2n) is 5.11. The monoisotopic (exact) mass is 213 g/mol. The van der Waals surface area contributed by atoms with Gasteiger partial charge in [-0.05, 0) is 38.5 Å². The predicted molar refractivity (Wildman–Crippen MR) is 65.0 cm³/mol. The minimum Gasteiger partial charge on any atom is -0.380 e. The van der Waals surface area contributed by atoms with Crippen LogP contribution in [0.2, 0.25) is 0 Å². The van der Waals surface area contributed by atoms with E-state index in [1.165, 1.54) is 19.3 Å². The van der Waals surface area contributed by atoms with Gasteiger partial charge in [0.2, 0.25) is 0 Å². The van der Waals surface area contributed by atoms with E-state index in [1.807, 2.05) is 0 Å². The molecule has 0 saturated heterocycles. The van der Waals surface area contributed by atoms with E-state index in [4.69, 9.17) is 4.74 Å². The van der Waals surface area contributed by atoms with Gasteiger partial charge in [0, 0.05) is 19.2 Å². The summed E-state index contributed by atoms with van der Waals surface area (Å²) in [5, 5.41) is 3.72. The van der Waals surface area contributed by atoms with Gasteiger partial charge in [0.05, 0.1) is 6.10 Å². The molecule has 5 atom stereocenters. The Balaban J connectivity index is 2.39. The summed E-state index contributed by atoms with van der Waals surface area (Å²) >= 11 is 0. The summed E-state index contributed by atoms with van der Waals surface area (Å²) in [6.07, 6.45) is 4.36. The van der Waals surface area contributed by atoms with Crippen molar-refractivity contribution < 1.29 is 4.74 Å². The first kappa shape index (κ1) is 13.0. The molecule has 2 heteroatoms. The molecule has 1 aliphatic rings. The van der Waals surface area contributed by atoms with Crippen LogP contribution >= 0.6 is 0 Å². The molecule has 0 amide bonds. The van der Waals surface area contributed by atoms with Gasteiger partial charge in [-0.15, -0.1) is 0 Å². The zero-order valence-electron chi connectivity index (χ0n) is 10.9. The number of hydrogen-bond donors (Lipinski definition) is 1. The summed E-state index contributed by atoms with van der Waals surface area (Å²) in [6.45, 7) is 9.06. The average molecular weight is 213 g/mol. The number of rotatable bonds is 5. The van der Waals surface area contributed by atoms with Gasteiger partial charge < -0.3 is 10.1 Å². The lowest BCUT2D eigenvalue weighted by Crippen LogP contribution is -2.44. The normalized spacial score (nSPS) is 35.4. The fourth-order valence-corrected chi connectivity index (χ4v) is 2.74.